The molecule has 2 heterocycles. The number of amidine groups is 1. The van der Waals surface area contributed by atoms with Gasteiger partial charge in [-0.25, -0.2) is 9.28 Å². The highest BCUT2D eigenvalue weighted by molar-refractivity contribution is 9.10. The van der Waals surface area contributed by atoms with E-state index in [1.807, 2.05) is 48.5 Å². The molecule has 1 atom stereocenters. The van der Waals surface area contributed by atoms with Crippen LogP contribution in [0.2, 0.25) is 0 Å². The summed E-state index contributed by atoms with van der Waals surface area (Å²) < 4.78 is 12.9. The maximum Gasteiger partial charge on any atom is 0.356 e. The summed E-state index contributed by atoms with van der Waals surface area (Å²) in [6.07, 6.45) is 1.51. The fraction of sp³-hybridized carbons (Fsp3) is 0.233. The molecular weight excluding hydrogens is 564 g/mol. The highest BCUT2D eigenvalue weighted by Gasteiger charge is 2.49. The number of hydrogen-bond acceptors (Lipinski definition) is 6. The average Bonchev–Trinajstić information content (AvgIpc) is 3.27. The van der Waals surface area contributed by atoms with Gasteiger partial charge in [-0.1, -0.05) is 65.3 Å². The molecule has 0 radical (unpaired) electrons. The first-order valence-electron chi connectivity index (χ1n) is 12.5. The maximum atomic E-state index is 14.9. The van der Waals surface area contributed by atoms with E-state index >= 15 is 0 Å². The Bertz CT molecular complexity index is 1560. The molecule has 0 saturated carbocycles. The van der Waals surface area contributed by atoms with E-state index < -0.39 is 5.97 Å². The number of fused-ring (bicyclic) bond motifs is 3. The van der Waals surface area contributed by atoms with Crippen molar-refractivity contribution < 1.29 is 23.5 Å². The monoisotopic (exact) mass is 591 g/mol. The zero-order chi connectivity index (χ0) is 26.9. The van der Waals surface area contributed by atoms with Crippen molar-refractivity contribution in [2.75, 3.05) is 7.11 Å². The summed E-state index contributed by atoms with van der Waals surface area (Å²) >= 11 is 5.00. The van der Waals surface area contributed by atoms with E-state index in [-0.39, 0.29) is 10.4 Å². The zero-order valence-electron chi connectivity index (χ0n) is 21.5. The Kier molecular flexibility index (Phi) is 7.47. The topological polar surface area (TPSA) is 65.0 Å². The molecule has 3 aromatic carbocycles. The van der Waals surface area contributed by atoms with Crippen LogP contribution in [0.3, 0.4) is 0 Å². The summed E-state index contributed by atoms with van der Waals surface area (Å²) in [5.41, 5.74) is 2.53. The second-order valence-electron chi connectivity index (χ2n) is 9.32. The van der Waals surface area contributed by atoms with Crippen molar-refractivity contribution in [3.05, 3.63) is 87.9 Å². The van der Waals surface area contributed by atoms with Crippen LogP contribution in [0.15, 0.2) is 76.2 Å². The Morgan fingerprint density at radius 3 is 2.53 bits per heavy atom. The van der Waals surface area contributed by atoms with Gasteiger partial charge in [0.1, 0.15) is 35.2 Å². The molecular formula is C30H28BrN2O4S+. The van der Waals surface area contributed by atoms with Gasteiger partial charge in [-0.3, -0.25) is 4.79 Å². The lowest BCUT2D eigenvalue weighted by atomic mass is 10.0. The molecule has 1 aromatic heterocycles. The van der Waals surface area contributed by atoms with Gasteiger partial charge < -0.3 is 9.47 Å². The number of halogens is 1. The second-order valence-corrected chi connectivity index (χ2v) is 11.2. The molecule has 0 aliphatic carbocycles. The van der Waals surface area contributed by atoms with Crippen LogP contribution in [0.25, 0.3) is 10.1 Å². The fourth-order valence-electron chi connectivity index (χ4n) is 5.08. The van der Waals surface area contributed by atoms with Gasteiger partial charge in [0.25, 0.3) is 0 Å². The first-order valence-corrected chi connectivity index (χ1v) is 14.1. The Hall–Kier alpha value is -3.33. The second kappa shape index (κ2) is 10.8. The summed E-state index contributed by atoms with van der Waals surface area (Å²) in [5.74, 6) is 1.57. The SMILES string of the molecule is CCCC1=Nc2sc3c(OC(C)=O)cccc3c2C(=O)[N+]1(Cc1ccccc1)Cc1cc(Br)ccc1OC. The van der Waals surface area contributed by atoms with Crippen LogP contribution in [0, 0.1) is 0 Å². The largest absolute Gasteiger partial charge is 0.496 e. The quantitative estimate of drug-likeness (QED) is 0.119. The third-order valence-corrected chi connectivity index (χ3v) is 8.30. The Balaban J connectivity index is 1.75. The third kappa shape index (κ3) is 4.79. The first-order chi connectivity index (χ1) is 18.4. The molecule has 4 aromatic rings. The summed E-state index contributed by atoms with van der Waals surface area (Å²) in [4.78, 5) is 31.8. The molecule has 194 valence electrons. The van der Waals surface area contributed by atoms with Crippen molar-refractivity contribution in [3.8, 4) is 11.5 Å². The van der Waals surface area contributed by atoms with Crippen molar-refractivity contribution >= 4 is 60.1 Å². The lowest BCUT2D eigenvalue weighted by Crippen LogP contribution is -2.57. The molecule has 6 nitrogen and oxygen atoms in total. The first kappa shape index (κ1) is 26.3. The number of nitrogens with zero attached hydrogens (tertiary/aromatic N) is 2. The van der Waals surface area contributed by atoms with Crippen molar-refractivity contribution in [1.82, 2.24) is 0 Å². The Morgan fingerprint density at radius 1 is 1.03 bits per heavy atom. The highest BCUT2D eigenvalue weighted by atomic mass is 79.9. The lowest BCUT2D eigenvalue weighted by Gasteiger charge is -2.38. The number of esters is 1. The fourth-order valence-corrected chi connectivity index (χ4v) is 6.62. The minimum atomic E-state index is -0.402. The van der Waals surface area contributed by atoms with Crippen molar-refractivity contribution in [2.45, 2.75) is 39.8 Å². The van der Waals surface area contributed by atoms with Crippen LogP contribution >= 0.6 is 27.3 Å². The van der Waals surface area contributed by atoms with E-state index in [9.17, 15) is 9.59 Å². The van der Waals surface area contributed by atoms with Gasteiger partial charge in [-0.05, 0) is 30.7 Å². The third-order valence-electron chi connectivity index (χ3n) is 6.69. The van der Waals surface area contributed by atoms with Gasteiger partial charge in [0.05, 0.1) is 17.4 Å². The number of aliphatic imine (C=N–C) groups is 1. The number of rotatable bonds is 8. The number of ether oxygens (including phenoxy) is 2. The van der Waals surface area contributed by atoms with E-state index in [2.05, 4.69) is 35.0 Å². The van der Waals surface area contributed by atoms with Crippen LogP contribution in [0.4, 0.5) is 5.00 Å². The van der Waals surface area contributed by atoms with Gasteiger partial charge in [0.2, 0.25) is 5.84 Å². The highest BCUT2D eigenvalue weighted by Crippen LogP contribution is 2.48. The summed E-state index contributed by atoms with van der Waals surface area (Å²) in [5, 5.41) is 1.42. The number of carbonyl (C=O) groups excluding carboxylic acids is 2. The van der Waals surface area contributed by atoms with Crippen LogP contribution in [-0.4, -0.2) is 29.3 Å². The number of thiophene rings is 1. The van der Waals surface area contributed by atoms with Gasteiger partial charge in [-0.15, -0.1) is 11.3 Å². The Morgan fingerprint density at radius 2 is 1.82 bits per heavy atom. The number of carbonyl (C=O) groups is 2. The van der Waals surface area contributed by atoms with Crippen molar-refractivity contribution in [3.63, 3.8) is 0 Å². The molecule has 0 fully saturated rings. The molecule has 5 rings (SSSR count). The van der Waals surface area contributed by atoms with Crippen LogP contribution in [-0.2, 0) is 17.9 Å². The number of amides is 1. The molecule has 0 spiro atoms. The minimum absolute atomic E-state index is 0.0180. The van der Waals surface area contributed by atoms with Crippen LogP contribution in [0.5, 0.6) is 11.5 Å². The normalized spacial score (nSPS) is 16.7. The van der Waals surface area contributed by atoms with Crippen molar-refractivity contribution in [1.29, 1.82) is 0 Å². The predicted octanol–water partition coefficient (Wildman–Crippen LogP) is 7.80. The zero-order valence-corrected chi connectivity index (χ0v) is 23.9. The van der Waals surface area contributed by atoms with E-state index in [4.69, 9.17) is 14.5 Å². The summed E-state index contributed by atoms with van der Waals surface area (Å²) in [7, 11) is 1.65. The predicted molar refractivity (Wildman–Crippen MR) is 154 cm³/mol. The molecule has 1 aliphatic rings. The number of methoxy groups -OCH3 is 1. The number of benzene rings is 3. The molecule has 0 N–H and O–H groups in total. The van der Waals surface area contributed by atoms with E-state index in [0.29, 0.717) is 35.8 Å². The Labute approximate surface area is 234 Å². The number of quaternary nitrogens is 1. The van der Waals surface area contributed by atoms with E-state index in [1.165, 1.54) is 18.3 Å². The van der Waals surface area contributed by atoms with Crippen LogP contribution < -0.4 is 9.47 Å². The molecule has 1 amide bonds. The lowest BCUT2D eigenvalue weighted by molar-refractivity contribution is -0.788. The smallest absolute Gasteiger partial charge is 0.356 e. The van der Waals surface area contributed by atoms with Gasteiger partial charge in [0.15, 0.2) is 0 Å². The van der Waals surface area contributed by atoms with Gasteiger partial charge in [0, 0.05) is 28.8 Å². The minimum Gasteiger partial charge on any atom is -0.496 e. The van der Waals surface area contributed by atoms with Crippen molar-refractivity contribution in [2.24, 2.45) is 4.99 Å². The van der Waals surface area contributed by atoms with Crippen LogP contribution in [0.1, 0.15) is 48.2 Å². The summed E-state index contributed by atoms with van der Waals surface area (Å²) in [6.45, 7) is 4.31. The summed E-state index contributed by atoms with van der Waals surface area (Å²) in [6, 6.07) is 21.4. The maximum absolute atomic E-state index is 14.9. The molecule has 38 heavy (non-hydrogen) atoms. The average molecular weight is 593 g/mol. The van der Waals surface area contributed by atoms with Gasteiger partial charge in [-0.2, -0.15) is 4.99 Å². The molecule has 0 bridgehead atoms. The molecule has 1 unspecified atom stereocenters. The van der Waals surface area contributed by atoms with Gasteiger partial charge >= 0.3 is 11.9 Å². The van der Waals surface area contributed by atoms with E-state index in [1.54, 1.807) is 13.2 Å². The van der Waals surface area contributed by atoms with E-state index in [0.717, 1.165) is 43.7 Å². The number of hydrogen-bond donors (Lipinski definition) is 0. The molecule has 1 aliphatic heterocycles. The standard InChI is InChI=1S/C30H28BrN2O4S/c1-4-9-26-32-29-27(23-12-8-13-25(28(23)38-29)37-19(2)34)30(35)33(26,17-20-10-6-5-7-11-20)18-21-16-22(31)14-15-24(21)36-3/h5-8,10-16H,4,9,17-18H2,1-3H3/q+1. The molecule has 0 saturated heterocycles. The molecule has 8 heteroatoms.